The van der Waals surface area contributed by atoms with Gasteiger partial charge < -0.3 is 5.32 Å². The molecule has 19 heavy (non-hydrogen) atoms. The molecular weight excluding hydrogens is 304 g/mol. The van der Waals surface area contributed by atoms with Crippen molar-refractivity contribution in [3.63, 3.8) is 0 Å². The molecule has 1 saturated heterocycles. The van der Waals surface area contributed by atoms with E-state index in [2.05, 4.69) is 5.32 Å². The lowest BCUT2D eigenvalue weighted by molar-refractivity contribution is 0.370. The highest BCUT2D eigenvalue weighted by molar-refractivity contribution is 7.91. The molecule has 1 atom stereocenters. The van der Waals surface area contributed by atoms with Crippen molar-refractivity contribution < 1.29 is 8.42 Å². The number of sulfonamides is 1. The standard InChI is InChI=1S/C12H19ClN2O2S2/c1-2-8-15(9-10-4-3-7-14-10)19(16,17)12-6-5-11(13)18-12/h5-6,10,14H,2-4,7-9H2,1H3. The summed E-state index contributed by atoms with van der Waals surface area (Å²) in [4.78, 5) is 0. The summed E-state index contributed by atoms with van der Waals surface area (Å²) in [7, 11) is -3.40. The van der Waals surface area contributed by atoms with Gasteiger partial charge in [0.15, 0.2) is 0 Å². The summed E-state index contributed by atoms with van der Waals surface area (Å²) >= 11 is 6.96. The van der Waals surface area contributed by atoms with E-state index in [9.17, 15) is 8.42 Å². The molecule has 0 spiro atoms. The molecule has 0 aromatic carbocycles. The number of halogens is 1. The molecule has 1 fully saturated rings. The van der Waals surface area contributed by atoms with Crippen LogP contribution in [0.1, 0.15) is 26.2 Å². The average molecular weight is 323 g/mol. The predicted molar refractivity (Wildman–Crippen MR) is 79.4 cm³/mol. The van der Waals surface area contributed by atoms with Gasteiger partial charge in [0.1, 0.15) is 4.21 Å². The van der Waals surface area contributed by atoms with Gasteiger partial charge in [-0.15, -0.1) is 11.3 Å². The van der Waals surface area contributed by atoms with E-state index in [1.165, 1.54) is 0 Å². The fourth-order valence-corrected chi connectivity index (χ4v) is 5.50. The molecule has 1 N–H and O–H groups in total. The van der Waals surface area contributed by atoms with Crippen molar-refractivity contribution >= 4 is 33.0 Å². The van der Waals surface area contributed by atoms with Crippen molar-refractivity contribution in [3.05, 3.63) is 16.5 Å². The lowest BCUT2D eigenvalue weighted by atomic mass is 10.2. The lowest BCUT2D eigenvalue weighted by Crippen LogP contribution is -2.41. The summed E-state index contributed by atoms with van der Waals surface area (Å²) in [6.07, 6.45) is 2.97. The second-order valence-electron chi connectivity index (χ2n) is 4.71. The summed E-state index contributed by atoms with van der Waals surface area (Å²) < 4.78 is 27.6. The zero-order valence-electron chi connectivity index (χ0n) is 10.9. The molecule has 0 aliphatic carbocycles. The highest BCUT2D eigenvalue weighted by Gasteiger charge is 2.28. The van der Waals surface area contributed by atoms with Gasteiger partial charge in [0, 0.05) is 19.1 Å². The van der Waals surface area contributed by atoms with E-state index in [1.54, 1.807) is 16.4 Å². The van der Waals surface area contributed by atoms with Gasteiger partial charge in [-0.2, -0.15) is 4.31 Å². The molecule has 2 rings (SSSR count). The van der Waals surface area contributed by atoms with Crippen molar-refractivity contribution in [2.75, 3.05) is 19.6 Å². The molecule has 1 unspecified atom stereocenters. The predicted octanol–water partition coefficient (Wildman–Crippen LogP) is 2.55. The zero-order valence-corrected chi connectivity index (χ0v) is 13.3. The van der Waals surface area contributed by atoms with Crippen LogP contribution in [0.5, 0.6) is 0 Å². The summed E-state index contributed by atoms with van der Waals surface area (Å²) in [5, 5.41) is 3.35. The number of hydrogen-bond acceptors (Lipinski definition) is 4. The molecular formula is C12H19ClN2O2S2. The minimum atomic E-state index is -3.40. The van der Waals surface area contributed by atoms with Crippen LogP contribution in [0.2, 0.25) is 4.34 Å². The summed E-state index contributed by atoms with van der Waals surface area (Å²) in [5.74, 6) is 0. The highest BCUT2D eigenvalue weighted by Crippen LogP contribution is 2.28. The second kappa shape index (κ2) is 6.54. The van der Waals surface area contributed by atoms with E-state index in [0.717, 1.165) is 37.1 Å². The summed E-state index contributed by atoms with van der Waals surface area (Å²) in [5.41, 5.74) is 0. The fraction of sp³-hybridized carbons (Fsp3) is 0.667. The third-order valence-electron chi connectivity index (χ3n) is 3.20. The number of thiophene rings is 1. The third-order valence-corrected chi connectivity index (χ3v) is 6.77. The molecule has 0 bridgehead atoms. The monoisotopic (exact) mass is 322 g/mol. The average Bonchev–Trinajstić information content (AvgIpc) is 3.00. The van der Waals surface area contributed by atoms with E-state index in [1.807, 2.05) is 6.92 Å². The van der Waals surface area contributed by atoms with Gasteiger partial charge in [-0.1, -0.05) is 18.5 Å². The van der Waals surface area contributed by atoms with Crippen LogP contribution in [0.15, 0.2) is 16.3 Å². The molecule has 1 aliphatic rings. The van der Waals surface area contributed by atoms with Gasteiger partial charge in [0.2, 0.25) is 0 Å². The Morgan fingerprint density at radius 3 is 2.84 bits per heavy atom. The molecule has 4 nitrogen and oxygen atoms in total. The Morgan fingerprint density at radius 2 is 2.32 bits per heavy atom. The number of nitrogens with one attached hydrogen (secondary N) is 1. The molecule has 0 radical (unpaired) electrons. The van der Waals surface area contributed by atoms with Gasteiger partial charge in [0.05, 0.1) is 4.34 Å². The highest BCUT2D eigenvalue weighted by atomic mass is 35.5. The van der Waals surface area contributed by atoms with Crippen LogP contribution in [0.3, 0.4) is 0 Å². The van der Waals surface area contributed by atoms with Gasteiger partial charge in [-0.25, -0.2) is 8.42 Å². The number of rotatable bonds is 6. The first-order chi connectivity index (χ1) is 9.04. The summed E-state index contributed by atoms with van der Waals surface area (Å²) in [6, 6.07) is 3.50. The Kier molecular flexibility index (Phi) is 5.25. The first kappa shape index (κ1) is 15.3. The first-order valence-electron chi connectivity index (χ1n) is 6.53. The molecule has 1 aliphatic heterocycles. The zero-order chi connectivity index (χ0) is 13.9. The smallest absolute Gasteiger partial charge is 0.252 e. The summed E-state index contributed by atoms with van der Waals surface area (Å²) in [6.45, 7) is 4.07. The lowest BCUT2D eigenvalue weighted by Gasteiger charge is -2.24. The van der Waals surface area contributed by atoms with E-state index in [0.29, 0.717) is 21.6 Å². The van der Waals surface area contributed by atoms with Crippen LogP contribution in [0.25, 0.3) is 0 Å². The maximum atomic E-state index is 12.6. The van der Waals surface area contributed by atoms with Gasteiger partial charge in [-0.05, 0) is 37.9 Å². The molecule has 1 aromatic heterocycles. The minimum Gasteiger partial charge on any atom is -0.313 e. The SMILES string of the molecule is CCCN(CC1CCCN1)S(=O)(=O)c1ccc(Cl)s1. The van der Waals surface area contributed by atoms with Crippen molar-refractivity contribution in [3.8, 4) is 0 Å². The van der Waals surface area contributed by atoms with Crippen molar-refractivity contribution in [1.82, 2.24) is 9.62 Å². The maximum absolute atomic E-state index is 12.6. The van der Waals surface area contributed by atoms with E-state index >= 15 is 0 Å². The van der Waals surface area contributed by atoms with Gasteiger partial charge in [-0.3, -0.25) is 0 Å². The Hall–Kier alpha value is -0.140. The van der Waals surface area contributed by atoms with E-state index in [4.69, 9.17) is 11.6 Å². The van der Waals surface area contributed by atoms with Crippen LogP contribution in [-0.2, 0) is 10.0 Å². The second-order valence-corrected chi connectivity index (χ2v) is 8.59. The molecule has 1 aromatic rings. The molecule has 0 amide bonds. The molecule has 2 heterocycles. The molecule has 7 heteroatoms. The fourth-order valence-electron chi connectivity index (χ4n) is 2.28. The normalized spacial score (nSPS) is 20.3. The van der Waals surface area contributed by atoms with Crippen LogP contribution in [0.4, 0.5) is 0 Å². The Bertz CT molecular complexity index is 510. The maximum Gasteiger partial charge on any atom is 0.252 e. The van der Waals surface area contributed by atoms with Crippen molar-refractivity contribution in [1.29, 1.82) is 0 Å². The number of hydrogen-bond donors (Lipinski definition) is 1. The number of nitrogens with zero attached hydrogens (tertiary/aromatic N) is 1. The molecule has 108 valence electrons. The molecule has 0 saturated carbocycles. The van der Waals surface area contributed by atoms with Gasteiger partial charge >= 0.3 is 0 Å². The minimum absolute atomic E-state index is 0.275. The Labute approximate surface area is 123 Å². The Balaban J connectivity index is 2.16. The first-order valence-corrected chi connectivity index (χ1v) is 9.16. The van der Waals surface area contributed by atoms with E-state index in [-0.39, 0.29) is 6.04 Å². The quantitative estimate of drug-likeness (QED) is 0.875. The third kappa shape index (κ3) is 3.70. The van der Waals surface area contributed by atoms with Crippen LogP contribution in [0, 0.1) is 0 Å². The van der Waals surface area contributed by atoms with Crippen molar-refractivity contribution in [2.45, 2.75) is 36.4 Å². The van der Waals surface area contributed by atoms with Crippen LogP contribution in [-0.4, -0.2) is 38.4 Å². The van der Waals surface area contributed by atoms with E-state index < -0.39 is 10.0 Å². The van der Waals surface area contributed by atoms with Crippen LogP contribution >= 0.6 is 22.9 Å². The largest absolute Gasteiger partial charge is 0.313 e. The van der Waals surface area contributed by atoms with Crippen molar-refractivity contribution in [2.24, 2.45) is 0 Å². The van der Waals surface area contributed by atoms with Crippen LogP contribution < -0.4 is 5.32 Å². The van der Waals surface area contributed by atoms with Gasteiger partial charge in [0.25, 0.3) is 10.0 Å². The topological polar surface area (TPSA) is 49.4 Å². The Morgan fingerprint density at radius 1 is 1.53 bits per heavy atom.